The average molecular weight is 1280 g/mol. The predicted molar refractivity (Wildman–Crippen MR) is 264 cm³/mol. The van der Waals surface area contributed by atoms with Crippen molar-refractivity contribution in [3.63, 3.8) is 0 Å². The van der Waals surface area contributed by atoms with E-state index in [1.807, 2.05) is 35.2 Å². The maximum absolute atomic E-state index is 13.8. The van der Waals surface area contributed by atoms with E-state index in [0.29, 0.717) is 69.6 Å². The van der Waals surface area contributed by atoms with Gasteiger partial charge in [0.25, 0.3) is 0 Å². The van der Waals surface area contributed by atoms with Crippen LogP contribution in [0.1, 0.15) is 63.5 Å². The van der Waals surface area contributed by atoms with E-state index in [2.05, 4.69) is 31.6 Å². The van der Waals surface area contributed by atoms with E-state index < -0.39 is 84.6 Å². The second-order valence-electron chi connectivity index (χ2n) is 18.7. The minimum Gasteiger partial charge on any atom is -0.564 e. The van der Waals surface area contributed by atoms with Gasteiger partial charge in [0.1, 0.15) is 18.1 Å². The van der Waals surface area contributed by atoms with Crippen LogP contribution in [0.5, 0.6) is 0 Å². The molecule has 2 aromatic rings. The summed E-state index contributed by atoms with van der Waals surface area (Å²) in [7, 11) is 0. The number of rotatable bonds is 27. The Morgan fingerprint density at radius 2 is 1.13 bits per heavy atom. The maximum Gasteiger partial charge on any atom is 0.530 e. The van der Waals surface area contributed by atoms with Crippen LogP contribution in [0.25, 0.3) is 10.9 Å². The van der Waals surface area contributed by atoms with Crippen LogP contribution in [0, 0.1) is 51.8 Å². The first-order valence-electron chi connectivity index (χ1n) is 24.8. The van der Waals surface area contributed by atoms with Gasteiger partial charge in [0, 0.05) is 140 Å². The van der Waals surface area contributed by atoms with Crippen molar-refractivity contribution in [1.29, 1.82) is 0 Å². The van der Waals surface area contributed by atoms with E-state index in [1.165, 1.54) is 0 Å². The third-order valence-electron chi connectivity index (χ3n) is 13.0. The second-order valence-corrected chi connectivity index (χ2v) is 18.7. The van der Waals surface area contributed by atoms with Gasteiger partial charge in [-0.15, -0.1) is 0 Å². The molecule has 2 heterocycles. The fraction of sp³-hybridized carbons (Fsp3) is 0.604. The molecule has 1 aromatic carbocycles. The van der Waals surface area contributed by atoms with E-state index in [-0.39, 0.29) is 142 Å². The summed E-state index contributed by atoms with van der Waals surface area (Å²) in [5.74, 6) is -8.48. The molecule has 1 aliphatic carbocycles. The summed E-state index contributed by atoms with van der Waals surface area (Å²) in [6.45, 7) is 2.01. The van der Waals surface area contributed by atoms with Gasteiger partial charge in [-0.3, -0.25) is 53.4 Å². The summed E-state index contributed by atoms with van der Waals surface area (Å²) >= 11 is 0. The number of pyridine rings is 1. The van der Waals surface area contributed by atoms with Gasteiger partial charge < -0.3 is 57.2 Å². The van der Waals surface area contributed by atoms with Gasteiger partial charge in [-0.25, -0.2) is 14.4 Å². The number of hydrogen-bond donors (Lipinski definition) is 10. The van der Waals surface area contributed by atoms with Crippen LogP contribution in [-0.4, -0.2) is 225 Å². The third-order valence-corrected chi connectivity index (χ3v) is 13.0. The number of aliphatic carboxylic acids is 5. The maximum atomic E-state index is 13.8. The van der Waals surface area contributed by atoms with E-state index >= 15 is 0 Å². The first kappa shape index (κ1) is 63.6. The summed E-state index contributed by atoms with van der Waals surface area (Å²) < 4.78 is 0. The van der Waals surface area contributed by atoms with E-state index in [9.17, 15) is 68.4 Å². The summed E-state index contributed by atoms with van der Waals surface area (Å²) in [5.41, 5.74) is 1.26. The number of hydrogen-bond acceptors (Lipinski definition) is 15. The molecule has 2 aliphatic rings. The number of nitrogens with one attached hydrogen (secondary N) is 5. The van der Waals surface area contributed by atoms with E-state index in [0.717, 1.165) is 5.39 Å². The van der Waals surface area contributed by atoms with Crippen molar-refractivity contribution in [2.45, 2.75) is 82.3 Å². The minimum atomic E-state index is -1.56. The van der Waals surface area contributed by atoms with Crippen molar-refractivity contribution in [2.75, 3.05) is 91.6 Å². The number of aromatic nitrogens is 1. The van der Waals surface area contributed by atoms with Crippen LogP contribution in [0.4, 0.5) is 4.79 Å². The third kappa shape index (κ3) is 24.7. The molecule has 4 rings (SSSR count). The number of carboxylic acids is 5. The molecule has 75 heavy (non-hydrogen) atoms. The number of carboxylic acid groups (broad SMARTS) is 5. The number of fused-ring (bicyclic) bond motifs is 1. The SMILES string of the molecule is O=C(O)CC[C@H](NC(=O)N[C@@H](CCCCNC(=O)[C@H](Cc1ccc2ccccc2n1)NC(=O)C1CCC(CNC(=O)CN2CCN(CC(=O)O)CCN(CC(=O)O)CCN(CC(=O)[OH2+])CC2)CC1)C(=O)O)C(=O)O.[Th]. The normalized spacial score (nSPS) is 18.5. The standard InChI is InChI=1S/C48H70N10O16.Th/c59-39(27-55-17-19-56(28-41(62)63)21-23-58(30-43(66)67)24-22-57(20-18-55)29-42(64)65)50-26-31-8-10-33(11-9-31)44(68)52-38(25-34-13-12-32-5-1-2-6-35(32)51-34)45(69)49-16-4-3-7-36(46(70)71)53-48(74)54-37(47(72)73)14-15-40(60)61;/h1-2,5-6,12-13,31,33,36-38H,3-4,7-11,14-30H2,(H,49,69)(H,50,59)(H,52,68)(H,60,61)(H,62,63)(H,64,65)(H,66,67)(H,70,71)(H,72,73)(H2,53,54,74);/p+1/t31?,33?,36-,37-,38-;/m0./s1. The summed E-state index contributed by atoms with van der Waals surface area (Å²) in [4.78, 5) is 134. The minimum absolute atomic E-state index is 0. The van der Waals surface area contributed by atoms with Crippen molar-refractivity contribution in [3.05, 3.63) is 42.1 Å². The molecule has 1 aliphatic heterocycles. The molecule has 1 saturated heterocycles. The zero-order valence-electron chi connectivity index (χ0n) is 41.9. The number of nitrogens with zero attached hydrogens (tertiary/aromatic N) is 5. The Morgan fingerprint density at radius 3 is 1.67 bits per heavy atom. The first-order valence-corrected chi connectivity index (χ1v) is 24.8. The molecule has 412 valence electrons. The zero-order valence-corrected chi connectivity index (χ0v) is 46.0. The number of carbonyl (C=O) groups is 10. The quantitative estimate of drug-likeness (QED) is 0.0348. The van der Waals surface area contributed by atoms with E-state index in [1.54, 1.807) is 20.8 Å². The van der Waals surface area contributed by atoms with Crippen LogP contribution < -0.4 is 26.6 Å². The zero-order chi connectivity index (χ0) is 54.2. The molecule has 2 fully saturated rings. The molecule has 1 saturated carbocycles. The number of carbonyl (C=O) groups excluding carboxylic acids is 5. The molecule has 3 atom stereocenters. The Morgan fingerprint density at radius 1 is 0.600 bits per heavy atom. The number of benzene rings is 1. The van der Waals surface area contributed by atoms with Gasteiger partial charge >= 0.3 is 41.8 Å². The van der Waals surface area contributed by atoms with Crippen LogP contribution in [-0.2, 0) is 49.6 Å². The Balaban J connectivity index is 0.0000148. The molecule has 0 radical (unpaired) electrons. The monoisotopic (exact) mass is 1280 g/mol. The van der Waals surface area contributed by atoms with Crippen LogP contribution in [0.15, 0.2) is 36.4 Å². The molecular formula is C48H71N10O16Th+. The molecule has 1 aromatic heterocycles. The summed E-state index contributed by atoms with van der Waals surface area (Å²) in [5, 5.41) is 68.2. The number of amides is 5. The van der Waals surface area contributed by atoms with Gasteiger partial charge in [0.05, 0.1) is 25.2 Å². The van der Waals surface area contributed by atoms with Crippen molar-refractivity contribution in [2.24, 2.45) is 11.8 Å². The smallest absolute Gasteiger partial charge is 0.530 e. The molecule has 5 amide bonds. The summed E-state index contributed by atoms with van der Waals surface area (Å²) in [6, 6.07) is 5.98. The Kier molecular flexibility index (Phi) is 28.3. The number of para-hydroxylation sites is 1. The largest absolute Gasteiger partial charge is 0.564 e. The molecule has 26 nitrogen and oxygen atoms in total. The van der Waals surface area contributed by atoms with Crippen molar-refractivity contribution in [3.8, 4) is 0 Å². The van der Waals surface area contributed by atoms with E-state index in [4.69, 9.17) is 10.2 Å². The topological polar surface area (TPSA) is 381 Å². The molecule has 0 bridgehead atoms. The second kappa shape index (κ2) is 33.4. The predicted octanol–water partition coefficient (Wildman–Crippen LogP) is -1.82. The van der Waals surface area contributed by atoms with Crippen molar-refractivity contribution in [1.82, 2.24) is 51.2 Å². The van der Waals surface area contributed by atoms with Gasteiger partial charge in [0.2, 0.25) is 17.7 Å². The fourth-order valence-corrected chi connectivity index (χ4v) is 8.82. The van der Waals surface area contributed by atoms with Crippen molar-refractivity contribution >= 4 is 70.5 Å². The average Bonchev–Trinajstić information content (AvgIpc) is 3.34. The molecule has 0 spiro atoms. The van der Waals surface area contributed by atoms with Crippen LogP contribution in [0.3, 0.4) is 0 Å². The van der Waals surface area contributed by atoms with Crippen LogP contribution >= 0.6 is 0 Å². The molecule has 12 N–H and O–H groups in total. The fourth-order valence-electron chi connectivity index (χ4n) is 8.82. The Hall–Kier alpha value is -5.71. The van der Waals surface area contributed by atoms with Gasteiger partial charge in [-0.2, -0.15) is 0 Å². The number of unbranched alkanes of at least 4 members (excludes halogenated alkanes) is 1. The van der Waals surface area contributed by atoms with Crippen molar-refractivity contribution < 1.29 is 119 Å². The molecule has 0 unspecified atom stereocenters. The number of urea groups is 1. The van der Waals surface area contributed by atoms with Gasteiger partial charge in [-0.05, 0) is 69.4 Å². The first-order chi connectivity index (χ1) is 35.2. The van der Waals surface area contributed by atoms with Gasteiger partial charge in [-0.1, -0.05) is 24.3 Å². The van der Waals surface area contributed by atoms with Crippen LogP contribution in [0.2, 0.25) is 0 Å². The molecule has 27 heteroatoms. The summed E-state index contributed by atoms with van der Waals surface area (Å²) in [6.07, 6.45) is 1.74. The Bertz CT molecular complexity index is 2240. The van der Waals surface area contributed by atoms with Gasteiger partial charge in [0.15, 0.2) is 6.54 Å². The molecular weight excluding hydrogens is 1200 g/mol. The Labute approximate surface area is 465 Å².